The van der Waals surface area contributed by atoms with Gasteiger partial charge in [-0.05, 0) is 24.8 Å². The van der Waals surface area contributed by atoms with E-state index in [4.69, 9.17) is 0 Å². The first-order chi connectivity index (χ1) is 5.85. The van der Waals surface area contributed by atoms with Crippen molar-refractivity contribution in [2.24, 2.45) is 0 Å². The van der Waals surface area contributed by atoms with Crippen LogP contribution in [0.15, 0.2) is 30.5 Å². The largest absolute Gasteiger partial charge is 0.129 e. The molecule has 0 rings (SSSR count). The van der Waals surface area contributed by atoms with Crippen LogP contribution in [-0.4, -0.2) is 0 Å². The van der Waals surface area contributed by atoms with Crippen molar-refractivity contribution in [1.82, 2.24) is 0 Å². The van der Waals surface area contributed by atoms with Gasteiger partial charge in [-0.15, -0.1) is 12.3 Å². The maximum atomic E-state index is 3.70. The summed E-state index contributed by atoms with van der Waals surface area (Å²) < 4.78 is 0. The van der Waals surface area contributed by atoms with Crippen LogP contribution < -0.4 is 0 Å². The quantitative estimate of drug-likeness (QED) is 0.300. The molecule has 0 heteroatoms. The highest BCUT2D eigenvalue weighted by Crippen LogP contribution is 2.12. The Kier molecular flexibility index (Phi) is 7.84. The summed E-state index contributed by atoms with van der Waals surface area (Å²) in [5.74, 6) is 0. The van der Waals surface area contributed by atoms with Crippen LogP contribution in [0.25, 0.3) is 0 Å². The van der Waals surface area contributed by atoms with Gasteiger partial charge in [0.1, 0.15) is 0 Å². The van der Waals surface area contributed by atoms with Crippen molar-refractivity contribution in [3.05, 3.63) is 30.5 Å². The highest BCUT2D eigenvalue weighted by Gasteiger charge is 1.93. The molecule has 0 aromatic heterocycles. The third-order valence-electron chi connectivity index (χ3n) is 1.97. The number of hydrogen-bond donors (Lipinski definition) is 0. The van der Waals surface area contributed by atoms with Crippen molar-refractivity contribution in [1.29, 1.82) is 0 Å². The second-order valence-corrected chi connectivity index (χ2v) is 3.08. The number of hydrogen-bond acceptors (Lipinski definition) is 0. The molecule has 0 aromatic carbocycles. The van der Waals surface area contributed by atoms with Crippen molar-refractivity contribution < 1.29 is 0 Å². The molecule has 0 spiro atoms. The van der Waals surface area contributed by atoms with Gasteiger partial charge in [0, 0.05) is 0 Å². The van der Waals surface area contributed by atoms with Crippen LogP contribution in [0.1, 0.15) is 45.4 Å². The Labute approximate surface area is 76.7 Å². The maximum Gasteiger partial charge on any atom is -0.00654 e. The Morgan fingerprint density at radius 3 is 2.58 bits per heavy atom. The van der Waals surface area contributed by atoms with E-state index >= 15 is 0 Å². The fourth-order valence-corrected chi connectivity index (χ4v) is 1.20. The predicted molar refractivity (Wildman–Crippen MR) is 56.2 cm³/mol. The monoisotopic (exact) mass is 164 g/mol. The molecule has 12 heavy (non-hydrogen) atoms. The minimum atomic E-state index is 0.954. The molecule has 0 bridgehead atoms. The molecule has 0 amide bonds. The molecule has 0 fully saturated rings. The van der Waals surface area contributed by atoms with E-state index in [1.807, 2.05) is 6.08 Å². The lowest BCUT2D eigenvalue weighted by atomic mass is 10.1. The molecule has 0 aliphatic rings. The van der Waals surface area contributed by atoms with Crippen molar-refractivity contribution in [2.45, 2.75) is 45.4 Å². The SMILES string of the molecule is C=C=C(CC=C)CCCCCC. The minimum absolute atomic E-state index is 0.954. The van der Waals surface area contributed by atoms with Crippen molar-refractivity contribution in [2.75, 3.05) is 0 Å². The first kappa shape index (κ1) is 11.3. The van der Waals surface area contributed by atoms with Gasteiger partial charge in [0.2, 0.25) is 0 Å². The topological polar surface area (TPSA) is 0 Å². The fraction of sp³-hybridized carbons (Fsp3) is 0.583. The highest BCUT2D eigenvalue weighted by molar-refractivity contribution is 5.03. The molecule has 0 atom stereocenters. The zero-order chi connectivity index (χ0) is 9.23. The van der Waals surface area contributed by atoms with Crippen LogP contribution in [0.4, 0.5) is 0 Å². The van der Waals surface area contributed by atoms with E-state index in [9.17, 15) is 0 Å². The molecule has 0 saturated heterocycles. The van der Waals surface area contributed by atoms with E-state index in [0.717, 1.165) is 12.8 Å². The summed E-state index contributed by atoms with van der Waals surface area (Å²) in [6.07, 6.45) is 9.28. The van der Waals surface area contributed by atoms with Crippen LogP contribution >= 0.6 is 0 Å². The molecule has 0 aliphatic heterocycles. The summed E-state index contributed by atoms with van der Waals surface area (Å²) >= 11 is 0. The standard InChI is InChI=1S/C12H20/c1-4-7-8-9-11-12(6-3)10-5-2/h5H,2-4,7-11H2,1H3. The Morgan fingerprint density at radius 2 is 2.08 bits per heavy atom. The van der Waals surface area contributed by atoms with Crippen molar-refractivity contribution >= 4 is 0 Å². The van der Waals surface area contributed by atoms with Gasteiger partial charge < -0.3 is 0 Å². The molecule has 0 aliphatic carbocycles. The molecule has 0 aromatic rings. The normalized spacial score (nSPS) is 9.08. The maximum absolute atomic E-state index is 3.70. The summed E-state index contributed by atoms with van der Waals surface area (Å²) in [6, 6.07) is 0. The van der Waals surface area contributed by atoms with Crippen molar-refractivity contribution in [3.63, 3.8) is 0 Å². The van der Waals surface area contributed by atoms with Crippen LogP contribution in [-0.2, 0) is 0 Å². The van der Waals surface area contributed by atoms with Crippen LogP contribution in [0.3, 0.4) is 0 Å². The number of unbranched alkanes of at least 4 members (excludes halogenated alkanes) is 3. The van der Waals surface area contributed by atoms with Gasteiger partial charge >= 0.3 is 0 Å². The van der Waals surface area contributed by atoms with Crippen LogP contribution in [0.2, 0.25) is 0 Å². The molecule has 0 saturated carbocycles. The number of rotatable bonds is 7. The van der Waals surface area contributed by atoms with E-state index in [1.165, 1.54) is 31.3 Å². The van der Waals surface area contributed by atoms with Gasteiger partial charge in [0.15, 0.2) is 0 Å². The van der Waals surface area contributed by atoms with Gasteiger partial charge in [-0.3, -0.25) is 0 Å². The van der Waals surface area contributed by atoms with E-state index in [-0.39, 0.29) is 0 Å². The minimum Gasteiger partial charge on any atom is -0.129 e. The summed E-state index contributed by atoms with van der Waals surface area (Å²) in [6.45, 7) is 9.60. The molecule has 68 valence electrons. The van der Waals surface area contributed by atoms with Gasteiger partial charge in [0.25, 0.3) is 0 Å². The third-order valence-corrected chi connectivity index (χ3v) is 1.97. The Bertz CT molecular complexity index is 159. The molecule has 0 nitrogen and oxygen atoms in total. The van der Waals surface area contributed by atoms with Gasteiger partial charge in [-0.2, -0.15) is 0 Å². The third kappa shape index (κ3) is 6.00. The molecular weight excluding hydrogens is 144 g/mol. The van der Waals surface area contributed by atoms with Gasteiger partial charge in [0.05, 0.1) is 0 Å². The van der Waals surface area contributed by atoms with Gasteiger partial charge in [-0.1, -0.05) is 38.8 Å². The average Bonchev–Trinajstić information content (AvgIpc) is 2.10. The van der Waals surface area contributed by atoms with E-state index in [1.54, 1.807) is 0 Å². The second kappa shape index (κ2) is 8.36. The summed E-state index contributed by atoms with van der Waals surface area (Å²) in [4.78, 5) is 0. The highest BCUT2D eigenvalue weighted by atomic mass is 14.0. The first-order valence-electron chi connectivity index (χ1n) is 4.83. The smallest absolute Gasteiger partial charge is 0.00654 e. The Hall–Kier alpha value is -0.740. The fourth-order valence-electron chi connectivity index (χ4n) is 1.20. The average molecular weight is 164 g/mol. The van der Waals surface area contributed by atoms with E-state index in [2.05, 4.69) is 25.8 Å². The zero-order valence-corrected chi connectivity index (χ0v) is 8.23. The summed E-state index contributed by atoms with van der Waals surface area (Å²) in [5.41, 5.74) is 4.28. The number of allylic oxidation sites excluding steroid dienone is 2. The lowest BCUT2D eigenvalue weighted by Crippen LogP contribution is -1.81. The van der Waals surface area contributed by atoms with Crippen LogP contribution in [0.5, 0.6) is 0 Å². The Morgan fingerprint density at radius 1 is 1.33 bits per heavy atom. The first-order valence-corrected chi connectivity index (χ1v) is 4.83. The molecule has 0 heterocycles. The predicted octanol–water partition coefficient (Wildman–Crippen LogP) is 4.24. The lowest BCUT2D eigenvalue weighted by molar-refractivity contribution is 0.661. The molecule has 0 unspecified atom stereocenters. The van der Waals surface area contributed by atoms with E-state index in [0.29, 0.717) is 0 Å². The lowest BCUT2D eigenvalue weighted by Gasteiger charge is -2.00. The van der Waals surface area contributed by atoms with Gasteiger partial charge in [-0.25, -0.2) is 0 Å². The van der Waals surface area contributed by atoms with Crippen LogP contribution in [0, 0.1) is 0 Å². The molecule has 0 N–H and O–H groups in total. The molecular formula is C12H20. The Balaban J connectivity index is 3.46. The molecule has 0 radical (unpaired) electrons. The zero-order valence-electron chi connectivity index (χ0n) is 8.23. The summed E-state index contributed by atoms with van der Waals surface area (Å²) in [7, 11) is 0. The van der Waals surface area contributed by atoms with Crippen molar-refractivity contribution in [3.8, 4) is 0 Å². The second-order valence-electron chi connectivity index (χ2n) is 3.08. The summed E-state index contributed by atoms with van der Waals surface area (Å²) in [5, 5.41) is 0. The van der Waals surface area contributed by atoms with E-state index < -0.39 is 0 Å².